The monoisotopic (exact) mass is 446 g/mol. The fourth-order valence-electron chi connectivity index (χ4n) is 2.44. The highest BCUT2D eigenvalue weighted by atomic mass is 32.2. The Morgan fingerprint density at radius 2 is 1.93 bits per heavy atom. The molecule has 0 saturated heterocycles. The van der Waals surface area contributed by atoms with Crippen LogP contribution in [0.5, 0.6) is 5.75 Å². The van der Waals surface area contributed by atoms with Crippen LogP contribution in [0.2, 0.25) is 0 Å². The van der Waals surface area contributed by atoms with Crippen LogP contribution in [0.25, 0.3) is 0 Å². The largest absolute Gasteiger partial charge is 0.497 e. The van der Waals surface area contributed by atoms with Crippen LogP contribution in [-0.4, -0.2) is 44.4 Å². The number of nitrogens with zero attached hydrogens (tertiary/aromatic N) is 4. The lowest BCUT2D eigenvalue weighted by Gasteiger charge is -2.07. The highest BCUT2D eigenvalue weighted by Gasteiger charge is 2.14. The van der Waals surface area contributed by atoms with Gasteiger partial charge in [-0.25, -0.2) is 4.98 Å². The van der Waals surface area contributed by atoms with E-state index in [1.165, 1.54) is 23.1 Å². The van der Waals surface area contributed by atoms with E-state index in [9.17, 15) is 9.59 Å². The van der Waals surface area contributed by atoms with E-state index in [0.29, 0.717) is 27.4 Å². The maximum atomic E-state index is 12.3. The molecule has 11 heteroatoms. The minimum atomic E-state index is -0.219. The summed E-state index contributed by atoms with van der Waals surface area (Å²) >= 11 is 2.72. The highest BCUT2D eigenvalue weighted by molar-refractivity contribution is 7.99. The van der Waals surface area contributed by atoms with Gasteiger partial charge >= 0.3 is 0 Å². The number of carbonyl (C=O) groups is 2. The molecule has 30 heavy (non-hydrogen) atoms. The predicted octanol–water partition coefficient (Wildman–Crippen LogP) is 2.56. The van der Waals surface area contributed by atoms with Gasteiger partial charge in [0.2, 0.25) is 5.91 Å². The van der Waals surface area contributed by atoms with Crippen LogP contribution in [0.4, 0.5) is 5.13 Å². The number of rotatable bonds is 8. The van der Waals surface area contributed by atoms with Crippen molar-refractivity contribution >= 4 is 40.0 Å². The number of anilines is 1. The summed E-state index contributed by atoms with van der Waals surface area (Å²) < 4.78 is 6.84. The lowest BCUT2D eigenvalue weighted by molar-refractivity contribution is -0.113. The molecule has 0 aliphatic heterocycles. The fourth-order valence-corrected chi connectivity index (χ4v) is 4.00. The van der Waals surface area contributed by atoms with E-state index in [1.807, 2.05) is 13.8 Å². The molecule has 3 aromatic rings. The number of methoxy groups -OCH3 is 1. The first-order valence-corrected chi connectivity index (χ1v) is 10.8. The maximum absolute atomic E-state index is 12.3. The number of thioether (sulfide) groups is 1. The summed E-state index contributed by atoms with van der Waals surface area (Å²) in [7, 11) is 3.37. The van der Waals surface area contributed by atoms with Gasteiger partial charge < -0.3 is 19.9 Å². The van der Waals surface area contributed by atoms with Crippen molar-refractivity contribution in [3.05, 3.63) is 46.2 Å². The van der Waals surface area contributed by atoms with Crippen molar-refractivity contribution in [3.8, 4) is 5.75 Å². The number of thiazole rings is 1. The number of nitrogens with one attached hydrogen (secondary N) is 2. The molecule has 0 radical (unpaired) electrons. The van der Waals surface area contributed by atoms with E-state index in [-0.39, 0.29) is 24.1 Å². The van der Waals surface area contributed by atoms with Crippen LogP contribution in [0.15, 0.2) is 29.4 Å². The summed E-state index contributed by atoms with van der Waals surface area (Å²) in [6, 6.07) is 6.84. The molecule has 0 bridgehead atoms. The minimum Gasteiger partial charge on any atom is -0.497 e. The van der Waals surface area contributed by atoms with Gasteiger partial charge in [-0.1, -0.05) is 11.8 Å². The zero-order chi connectivity index (χ0) is 21.7. The zero-order valence-electron chi connectivity index (χ0n) is 17.1. The molecule has 9 nitrogen and oxygen atoms in total. The van der Waals surface area contributed by atoms with Crippen molar-refractivity contribution in [1.82, 2.24) is 25.1 Å². The highest BCUT2D eigenvalue weighted by Crippen LogP contribution is 2.22. The fraction of sp³-hybridized carbons (Fsp3) is 0.316. The van der Waals surface area contributed by atoms with E-state index < -0.39 is 0 Å². The first-order valence-electron chi connectivity index (χ1n) is 9.04. The van der Waals surface area contributed by atoms with Gasteiger partial charge in [0.25, 0.3) is 5.91 Å². The van der Waals surface area contributed by atoms with Crippen molar-refractivity contribution in [3.63, 3.8) is 0 Å². The Balaban J connectivity index is 1.51. The Bertz CT molecular complexity index is 1030. The van der Waals surface area contributed by atoms with Gasteiger partial charge in [-0.05, 0) is 38.1 Å². The van der Waals surface area contributed by atoms with Gasteiger partial charge in [0.1, 0.15) is 5.75 Å². The van der Waals surface area contributed by atoms with E-state index in [2.05, 4.69) is 25.8 Å². The number of carbonyl (C=O) groups excluding carboxylic acids is 2. The van der Waals surface area contributed by atoms with E-state index in [0.717, 1.165) is 10.6 Å². The number of hydrogen-bond acceptors (Lipinski definition) is 8. The number of ether oxygens (including phenoxy) is 1. The first kappa shape index (κ1) is 21.8. The molecule has 0 saturated carbocycles. The third-order valence-corrected chi connectivity index (χ3v) is 6.30. The van der Waals surface area contributed by atoms with Crippen LogP contribution in [-0.2, 0) is 18.4 Å². The molecular formula is C19H22N6O3S2. The standard InChI is InChI=1S/C19H22N6O3S2/c1-11-12(2)30-18(21-11)22-16(26)10-29-19-24-23-15(25(19)3)9-20-17(27)13-5-7-14(28-4)8-6-13/h5-8H,9-10H2,1-4H3,(H,20,27)(H,21,22,26). The van der Waals surface area contributed by atoms with Gasteiger partial charge in [0, 0.05) is 17.5 Å². The van der Waals surface area contributed by atoms with Crippen molar-refractivity contribution < 1.29 is 14.3 Å². The molecule has 2 heterocycles. The van der Waals surface area contributed by atoms with Gasteiger partial charge in [0.05, 0.1) is 25.1 Å². The average Bonchev–Trinajstić information content (AvgIpc) is 3.25. The quantitative estimate of drug-likeness (QED) is 0.512. The molecule has 0 aliphatic carbocycles. The minimum absolute atomic E-state index is 0.161. The Morgan fingerprint density at radius 3 is 2.57 bits per heavy atom. The molecule has 2 amide bonds. The van der Waals surface area contributed by atoms with E-state index in [4.69, 9.17) is 4.74 Å². The van der Waals surface area contributed by atoms with Crippen molar-refractivity contribution in [2.45, 2.75) is 25.5 Å². The van der Waals surface area contributed by atoms with E-state index in [1.54, 1.807) is 43.0 Å². The van der Waals surface area contributed by atoms with Gasteiger partial charge in [0.15, 0.2) is 16.1 Å². The first-order chi connectivity index (χ1) is 14.4. The molecule has 0 spiro atoms. The smallest absolute Gasteiger partial charge is 0.251 e. The zero-order valence-corrected chi connectivity index (χ0v) is 18.7. The Hall–Kier alpha value is -2.92. The van der Waals surface area contributed by atoms with E-state index >= 15 is 0 Å². The number of aromatic nitrogens is 4. The summed E-state index contributed by atoms with van der Waals surface area (Å²) in [5.41, 5.74) is 1.44. The van der Waals surface area contributed by atoms with Gasteiger partial charge in [-0.15, -0.1) is 21.5 Å². The van der Waals surface area contributed by atoms with Crippen molar-refractivity contribution in [2.24, 2.45) is 7.05 Å². The normalized spacial score (nSPS) is 10.7. The second kappa shape index (κ2) is 9.72. The number of amides is 2. The van der Waals surface area contributed by atoms with Crippen LogP contribution >= 0.6 is 23.1 Å². The summed E-state index contributed by atoms with van der Waals surface area (Å²) in [6.07, 6.45) is 0. The number of hydrogen-bond donors (Lipinski definition) is 2. The topological polar surface area (TPSA) is 111 Å². The summed E-state index contributed by atoms with van der Waals surface area (Å²) in [5, 5.41) is 15.0. The molecule has 2 aromatic heterocycles. The number of aryl methyl sites for hydroxylation is 2. The van der Waals surface area contributed by atoms with Crippen LogP contribution in [0.1, 0.15) is 26.8 Å². The third kappa shape index (κ3) is 5.36. The molecule has 0 unspecified atom stereocenters. The van der Waals surface area contributed by atoms with Gasteiger partial charge in [-0.3, -0.25) is 9.59 Å². The Labute approximate surface area is 182 Å². The van der Waals surface area contributed by atoms with Crippen LogP contribution in [0, 0.1) is 13.8 Å². The Kier molecular flexibility index (Phi) is 7.06. The van der Waals surface area contributed by atoms with Crippen molar-refractivity contribution in [2.75, 3.05) is 18.2 Å². The summed E-state index contributed by atoms with van der Waals surface area (Å²) in [5.74, 6) is 1.08. The number of benzene rings is 1. The maximum Gasteiger partial charge on any atom is 0.251 e. The Morgan fingerprint density at radius 1 is 1.20 bits per heavy atom. The molecule has 158 valence electrons. The molecule has 3 rings (SSSR count). The lowest BCUT2D eigenvalue weighted by atomic mass is 10.2. The SMILES string of the molecule is COc1ccc(C(=O)NCc2nnc(SCC(=O)Nc3nc(C)c(C)s3)n2C)cc1. The molecule has 0 aliphatic rings. The van der Waals surface area contributed by atoms with Crippen LogP contribution < -0.4 is 15.4 Å². The lowest BCUT2D eigenvalue weighted by Crippen LogP contribution is -2.24. The second-order valence-electron chi connectivity index (χ2n) is 6.37. The summed E-state index contributed by atoms with van der Waals surface area (Å²) in [4.78, 5) is 29.8. The average molecular weight is 447 g/mol. The third-order valence-electron chi connectivity index (χ3n) is 4.29. The molecule has 0 atom stereocenters. The van der Waals surface area contributed by atoms with Crippen LogP contribution in [0.3, 0.4) is 0 Å². The molecule has 1 aromatic carbocycles. The van der Waals surface area contributed by atoms with Gasteiger partial charge in [-0.2, -0.15) is 0 Å². The second-order valence-corrected chi connectivity index (χ2v) is 8.51. The predicted molar refractivity (Wildman–Crippen MR) is 116 cm³/mol. The molecule has 0 fully saturated rings. The molecular weight excluding hydrogens is 424 g/mol. The summed E-state index contributed by atoms with van der Waals surface area (Å²) in [6.45, 7) is 4.09. The van der Waals surface area contributed by atoms with Crippen molar-refractivity contribution in [1.29, 1.82) is 0 Å². The molecule has 2 N–H and O–H groups in total.